The number of carbonyl (C=O) groups is 1. The first kappa shape index (κ1) is 15.0. The Labute approximate surface area is 119 Å². The first-order chi connectivity index (χ1) is 9.66. The van der Waals surface area contributed by atoms with Gasteiger partial charge in [0.25, 0.3) is 0 Å². The number of nitrogens with two attached hydrogens (primary N) is 1. The standard InChI is InChI=1S/C15H22N2O3/c1-11(9-20-13-7-8-19-10-13)17-15(18)14(16)12-5-3-2-4-6-12/h2-6,11,13-14H,7-10,16H2,1H3,(H,17,18). The van der Waals surface area contributed by atoms with Crippen LogP contribution in [0.1, 0.15) is 24.9 Å². The van der Waals surface area contributed by atoms with Crippen molar-refractivity contribution in [1.82, 2.24) is 5.32 Å². The lowest BCUT2D eigenvalue weighted by Crippen LogP contribution is -2.42. The molecule has 0 spiro atoms. The average Bonchev–Trinajstić information content (AvgIpc) is 2.98. The summed E-state index contributed by atoms with van der Waals surface area (Å²) >= 11 is 0. The molecular formula is C15H22N2O3. The average molecular weight is 278 g/mol. The van der Waals surface area contributed by atoms with E-state index in [1.807, 2.05) is 37.3 Å². The van der Waals surface area contributed by atoms with Crippen molar-refractivity contribution in [3.8, 4) is 0 Å². The molecule has 1 aliphatic rings. The number of nitrogens with one attached hydrogen (secondary N) is 1. The normalized spacial score (nSPS) is 21.4. The van der Waals surface area contributed by atoms with Crippen molar-refractivity contribution in [2.24, 2.45) is 5.73 Å². The molecule has 1 aromatic rings. The maximum atomic E-state index is 12.0. The van der Waals surface area contributed by atoms with Crippen molar-refractivity contribution in [3.05, 3.63) is 35.9 Å². The Balaban J connectivity index is 1.75. The lowest BCUT2D eigenvalue weighted by atomic mass is 10.1. The Bertz CT molecular complexity index is 418. The molecule has 3 N–H and O–H groups in total. The van der Waals surface area contributed by atoms with Crippen LogP contribution in [0.15, 0.2) is 30.3 Å². The molecule has 5 nitrogen and oxygen atoms in total. The molecule has 5 heteroatoms. The highest BCUT2D eigenvalue weighted by atomic mass is 16.5. The van der Waals surface area contributed by atoms with E-state index < -0.39 is 6.04 Å². The summed E-state index contributed by atoms with van der Waals surface area (Å²) in [5, 5.41) is 2.87. The van der Waals surface area contributed by atoms with Gasteiger partial charge in [0.15, 0.2) is 0 Å². The van der Waals surface area contributed by atoms with Crippen LogP contribution < -0.4 is 11.1 Å². The van der Waals surface area contributed by atoms with E-state index in [2.05, 4.69) is 5.32 Å². The van der Waals surface area contributed by atoms with Crippen molar-refractivity contribution >= 4 is 5.91 Å². The Morgan fingerprint density at radius 1 is 1.50 bits per heavy atom. The molecule has 0 saturated carbocycles. The molecule has 0 aromatic heterocycles. The molecule has 0 bridgehead atoms. The highest BCUT2D eigenvalue weighted by Crippen LogP contribution is 2.11. The molecule has 3 atom stereocenters. The second kappa shape index (κ2) is 7.38. The van der Waals surface area contributed by atoms with Crippen molar-refractivity contribution in [2.45, 2.75) is 31.5 Å². The van der Waals surface area contributed by atoms with Crippen LogP contribution in [0.4, 0.5) is 0 Å². The molecule has 0 aliphatic carbocycles. The lowest BCUT2D eigenvalue weighted by molar-refractivity contribution is -0.123. The smallest absolute Gasteiger partial charge is 0.241 e. The summed E-state index contributed by atoms with van der Waals surface area (Å²) in [6.07, 6.45) is 1.07. The minimum Gasteiger partial charge on any atom is -0.379 e. The van der Waals surface area contributed by atoms with Gasteiger partial charge >= 0.3 is 0 Å². The van der Waals surface area contributed by atoms with Gasteiger partial charge in [-0.15, -0.1) is 0 Å². The van der Waals surface area contributed by atoms with Crippen LogP contribution in [-0.4, -0.2) is 37.9 Å². The van der Waals surface area contributed by atoms with E-state index in [4.69, 9.17) is 15.2 Å². The number of ether oxygens (including phenoxy) is 2. The minimum atomic E-state index is -0.645. The monoisotopic (exact) mass is 278 g/mol. The number of hydrogen-bond donors (Lipinski definition) is 2. The van der Waals surface area contributed by atoms with E-state index in [1.54, 1.807) is 0 Å². The summed E-state index contributed by atoms with van der Waals surface area (Å²) < 4.78 is 10.9. The molecule has 1 aliphatic heterocycles. The van der Waals surface area contributed by atoms with E-state index in [-0.39, 0.29) is 18.1 Å². The molecule has 20 heavy (non-hydrogen) atoms. The summed E-state index contributed by atoms with van der Waals surface area (Å²) in [5.74, 6) is -0.185. The number of amides is 1. The Morgan fingerprint density at radius 3 is 2.90 bits per heavy atom. The van der Waals surface area contributed by atoms with Crippen LogP contribution in [0, 0.1) is 0 Å². The largest absolute Gasteiger partial charge is 0.379 e. The van der Waals surface area contributed by atoms with E-state index >= 15 is 0 Å². The van der Waals surface area contributed by atoms with Gasteiger partial charge < -0.3 is 20.5 Å². The molecule has 1 amide bonds. The van der Waals surface area contributed by atoms with Crippen LogP contribution in [0.5, 0.6) is 0 Å². The Kier molecular flexibility index (Phi) is 5.52. The molecule has 110 valence electrons. The molecule has 1 fully saturated rings. The van der Waals surface area contributed by atoms with Gasteiger partial charge in [-0.2, -0.15) is 0 Å². The number of hydrogen-bond acceptors (Lipinski definition) is 4. The van der Waals surface area contributed by atoms with Gasteiger partial charge in [-0.3, -0.25) is 4.79 Å². The van der Waals surface area contributed by atoms with Crippen molar-refractivity contribution in [3.63, 3.8) is 0 Å². The third kappa shape index (κ3) is 4.30. The van der Waals surface area contributed by atoms with Crippen LogP contribution in [0.2, 0.25) is 0 Å². The van der Waals surface area contributed by atoms with Gasteiger partial charge in [0.2, 0.25) is 5.91 Å². The maximum Gasteiger partial charge on any atom is 0.241 e. The van der Waals surface area contributed by atoms with Gasteiger partial charge in [-0.25, -0.2) is 0 Å². The van der Waals surface area contributed by atoms with Crippen LogP contribution >= 0.6 is 0 Å². The summed E-state index contributed by atoms with van der Waals surface area (Å²) in [4.78, 5) is 12.0. The zero-order valence-electron chi connectivity index (χ0n) is 11.7. The van der Waals surface area contributed by atoms with E-state index in [9.17, 15) is 4.79 Å². The fourth-order valence-electron chi connectivity index (χ4n) is 2.11. The quantitative estimate of drug-likeness (QED) is 0.814. The zero-order valence-corrected chi connectivity index (χ0v) is 11.7. The van der Waals surface area contributed by atoms with Crippen LogP contribution in [0.3, 0.4) is 0 Å². The van der Waals surface area contributed by atoms with E-state index in [0.717, 1.165) is 18.6 Å². The maximum absolute atomic E-state index is 12.0. The SMILES string of the molecule is CC(COC1CCOC1)NC(=O)C(N)c1ccccc1. The summed E-state index contributed by atoms with van der Waals surface area (Å²) in [5.41, 5.74) is 6.74. The van der Waals surface area contributed by atoms with Crippen molar-refractivity contribution < 1.29 is 14.3 Å². The molecule has 3 unspecified atom stereocenters. The summed E-state index contributed by atoms with van der Waals surface area (Å²) in [6, 6.07) is 8.62. The van der Waals surface area contributed by atoms with Gasteiger partial charge in [0, 0.05) is 12.6 Å². The molecule has 1 heterocycles. The third-order valence-electron chi connectivity index (χ3n) is 3.30. The highest BCUT2D eigenvalue weighted by molar-refractivity contribution is 5.83. The first-order valence-corrected chi connectivity index (χ1v) is 6.97. The zero-order chi connectivity index (χ0) is 14.4. The van der Waals surface area contributed by atoms with Crippen LogP contribution in [0.25, 0.3) is 0 Å². The fraction of sp³-hybridized carbons (Fsp3) is 0.533. The molecule has 1 saturated heterocycles. The van der Waals surface area contributed by atoms with Crippen LogP contribution in [-0.2, 0) is 14.3 Å². The second-order valence-corrected chi connectivity index (χ2v) is 5.12. The highest BCUT2D eigenvalue weighted by Gasteiger charge is 2.20. The summed E-state index contributed by atoms with van der Waals surface area (Å²) in [7, 11) is 0. The third-order valence-corrected chi connectivity index (χ3v) is 3.30. The number of carbonyl (C=O) groups excluding carboxylic acids is 1. The van der Waals surface area contributed by atoms with E-state index in [0.29, 0.717) is 13.2 Å². The van der Waals surface area contributed by atoms with Gasteiger partial charge in [0.1, 0.15) is 6.04 Å². The molecule has 1 aromatic carbocycles. The predicted octanol–water partition coefficient (Wildman–Crippen LogP) is 0.997. The van der Waals surface area contributed by atoms with E-state index in [1.165, 1.54) is 0 Å². The van der Waals surface area contributed by atoms with Gasteiger partial charge in [-0.05, 0) is 18.9 Å². The predicted molar refractivity (Wildman–Crippen MR) is 76.2 cm³/mol. The Hall–Kier alpha value is -1.43. The van der Waals surface area contributed by atoms with Gasteiger partial charge in [0.05, 0.1) is 19.3 Å². The van der Waals surface area contributed by atoms with Crippen molar-refractivity contribution in [1.29, 1.82) is 0 Å². The van der Waals surface area contributed by atoms with Crippen molar-refractivity contribution in [2.75, 3.05) is 19.8 Å². The fourth-order valence-corrected chi connectivity index (χ4v) is 2.11. The number of rotatable bonds is 6. The minimum absolute atomic E-state index is 0.0714. The molecule has 0 radical (unpaired) electrons. The second-order valence-electron chi connectivity index (χ2n) is 5.12. The first-order valence-electron chi connectivity index (χ1n) is 6.97. The molecular weight excluding hydrogens is 256 g/mol. The number of benzene rings is 1. The topological polar surface area (TPSA) is 73.6 Å². The summed E-state index contributed by atoms with van der Waals surface area (Å²) in [6.45, 7) is 3.78. The lowest BCUT2D eigenvalue weighted by Gasteiger charge is -2.19. The Morgan fingerprint density at radius 2 is 2.25 bits per heavy atom. The molecule has 2 rings (SSSR count). The van der Waals surface area contributed by atoms with Gasteiger partial charge in [-0.1, -0.05) is 30.3 Å².